The molecule has 0 aromatic rings. The predicted molar refractivity (Wildman–Crippen MR) is 27.9 cm³/mol. The zero-order chi connectivity index (χ0) is 8.04. The van der Waals surface area contributed by atoms with Gasteiger partial charge in [0.2, 0.25) is 0 Å². The van der Waals surface area contributed by atoms with Gasteiger partial charge in [-0.05, 0) is 6.42 Å². The molecule has 0 heterocycles. The zero-order valence-corrected chi connectivity index (χ0v) is 5.28. The van der Waals surface area contributed by atoms with Crippen molar-refractivity contribution in [3.8, 4) is 0 Å². The van der Waals surface area contributed by atoms with E-state index in [4.69, 9.17) is 0 Å². The average molecular weight is 157 g/mol. The number of hydrogen-bond acceptors (Lipinski definition) is 2. The van der Waals surface area contributed by atoms with Crippen LogP contribution in [0.4, 0.5) is 13.2 Å². The lowest BCUT2D eigenvalue weighted by molar-refractivity contribution is -0.325. The fourth-order valence-corrected chi connectivity index (χ4v) is 0.349. The summed E-state index contributed by atoms with van der Waals surface area (Å²) >= 11 is 0. The molecular weight excluding hydrogens is 149 g/mol. The van der Waals surface area contributed by atoms with Crippen LogP contribution in [0.3, 0.4) is 0 Å². The molecule has 1 radical (unpaired) electrons. The molecule has 0 rings (SSSR count). The smallest absolute Gasteiger partial charge is 0.379 e. The lowest BCUT2D eigenvalue weighted by atomic mass is 10.5. The molecule has 0 amide bonds. The fraction of sp³-hybridized carbons (Fsp3) is 0.800. The van der Waals surface area contributed by atoms with Crippen molar-refractivity contribution in [3.63, 3.8) is 0 Å². The van der Waals surface area contributed by atoms with Crippen LogP contribution < -0.4 is 0 Å². The molecule has 0 unspecified atom stereocenters. The van der Waals surface area contributed by atoms with Crippen LogP contribution in [0, 0.1) is 7.11 Å². The highest BCUT2D eigenvalue weighted by Gasteiger charge is 2.28. The molecule has 0 aliphatic rings. The van der Waals surface area contributed by atoms with Gasteiger partial charge in [0.25, 0.3) is 0 Å². The van der Waals surface area contributed by atoms with Gasteiger partial charge in [-0.2, -0.15) is 0 Å². The van der Waals surface area contributed by atoms with Gasteiger partial charge in [0.15, 0.2) is 0 Å². The molecule has 2 nitrogen and oxygen atoms in total. The van der Waals surface area contributed by atoms with Crippen LogP contribution in [0.5, 0.6) is 0 Å². The number of hydrogen-bond donors (Lipinski definition) is 0. The topological polar surface area (TPSA) is 18.5 Å². The maximum absolute atomic E-state index is 11.2. The van der Waals surface area contributed by atoms with E-state index in [2.05, 4.69) is 16.6 Å². The minimum absolute atomic E-state index is 0.177. The lowest BCUT2D eigenvalue weighted by Crippen LogP contribution is -2.14. The molecule has 0 saturated carbocycles. The van der Waals surface area contributed by atoms with E-state index in [-0.39, 0.29) is 19.6 Å². The van der Waals surface area contributed by atoms with Crippen LogP contribution in [0.15, 0.2) is 0 Å². The molecular formula is C5H8F3O2. The summed E-state index contributed by atoms with van der Waals surface area (Å²) in [5, 5.41) is 0. The summed E-state index contributed by atoms with van der Waals surface area (Å²) in [5.74, 6) is 0. The van der Waals surface area contributed by atoms with Crippen molar-refractivity contribution < 1.29 is 22.6 Å². The summed E-state index contributed by atoms with van der Waals surface area (Å²) in [6, 6.07) is 0. The second-order valence-electron chi connectivity index (χ2n) is 1.56. The van der Waals surface area contributed by atoms with Gasteiger partial charge >= 0.3 is 6.36 Å². The van der Waals surface area contributed by atoms with Gasteiger partial charge in [-0.1, -0.05) is 0 Å². The van der Waals surface area contributed by atoms with Crippen LogP contribution in [0.1, 0.15) is 6.42 Å². The Balaban J connectivity index is 3.04. The predicted octanol–water partition coefficient (Wildman–Crippen LogP) is 1.72. The maximum atomic E-state index is 11.2. The Kier molecular flexibility index (Phi) is 4.38. The summed E-state index contributed by atoms with van der Waals surface area (Å²) in [6.07, 6.45) is -4.33. The molecule has 0 aromatic carbocycles. The first-order valence-corrected chi connectivity index (χ1v) is 2.64. The van der Waals surface area contributed by atoms with Crippen molar-refractivity contribution >= 4 is 0 Å². The Morgan fingerprint density at radius 1 is 1.20 bits per heavy atom. The van der Waals surface area contributed by atoms with E-state index in [9.17, 15) is 13.2 Å². The molecule has 0 aliphatic heterocycles. The van der Waals surface area contributed by atoms with Gasteiger partial charge in [0.05, 0.1) is 13.7 Å². The minimum Gasteiger partial charge on any atom is -0.379 e. The zero-order valence-electron chi connectivity index (χ0n) is 5.28. The van der Waals surface area contributed by atoms with E-state index in [0.29, 0.717) is 0 Å². The largest absolute Gasteiger partial charge is 0.522 e. The van der Waals surface area contributed by atoms with Gasteiger partial charge in [0, 0.05) is 6.61 Å². The van der Waals surface area contributed by atoms with Crippen molar-refractivity contribution in [2.24, 2.45) is 0 Å². The van der Waals surface area contributed by atoms with E-state index in [0.717, 1.165) is 0 Å². The summed E-state index contributed by atoms with van der Waals surface area (Å²) in [4.78, 5) is 0. The Morgan fingerprint density at radius 2 is 1.80 bits per heavy atom. The minimum atomic E-state index is -4.53. The lowest BCUT2D eigenvalue weighted by Gasteiger charge is -2.05. The second kappa shape index (κ2) is 4.51. The van der Waals surface area contributed by atoms with E-state index >= 15 is 0 Å². The van der Waals surface area contributed by atoms with Crippen molar-refractivity contribution in [1.82, 2.24) is 0 Å². The standard InChI is InChI=1S/C5H8F3O2/c1-9-3-2-4-10-5(6,7)8/h1-4H2. The van der Waals surface area contributed by atoms with Crippen molar-refractivity contribution in [3.05, 3.63) is 7.11 Å². The van der Waals surface area contributed by atoms with E-state index in [1.165, 1.54) is 0 Å². The highest BCUT2D eigenvalue weighted by atomic mass is 19.4. The fourth-order valence-electron chi connectivity index (χ4n) is 0.349. The van der Waals surface area contributed by atoms with Crippen LogP contribution in [0.2, 0.25) is 0 Å². The van der Waals surface area contributed by atoms with Crippen molar-refractivity contribution in [2.45, 2.75) is 12.8 Å². The first kappa shape index (κ1) is 9.71. The molecule has 0 N–H and O–H groups in total. The van der Waals surface area contributed by atoms with Crippen molar-refractivity contribution in [1.29, 1.82) is 0 Å². The number of rotatable bonds is 4. The van der Waals surface area contributed by atoms with Gasteiger partial charge in [-0.15, -0.1) is 13.2 Å². The first-order chi connectivity index (χ1) is 4.56. The van der Waals surface area contributed by atoms with Crippen LogP contribution in [0.25, 0.3) is 0 Å². The molecule has 0 bridgehead atoms. The second-order valence-corrected chi connectivity index (χ2v) is 1.56. The molecule has 0 aliphatic carbocycles. The SMILES string of the molecule is [CH2]OCCCOC(F)(F)F. The van der Waals surface area contributed by atoms with E-state index < -0.39 is 6.36 Å². The Labute approximate surface area is 56.9 Å². The molecule has 0 fully saturated rings. The summed E-state index contributed by atoms with van der Waals surface area (Å²) in [5.41, 5.74) is 0. The third-order valence-electron chi connectivity index (χ3n) is 0.699. The Hall–Kier alpha value is -0.290. The molecule has 0 spiro atoms. The molecule has 0 aromatic heterocycles. The third-order valence-corrected chi connectivity index (χ3v) is 0.699. The normalized spacial score (nSPS) is 12.0. The van der Waals surface area contributed by atoms with Gasteiger partial charge in [-0.25, -0.2) is 0 Å². The number of halogens is 3. The third kappa shape index (κ3) is 7.71. The maximum Gasteiger partial charge on any atom is 0.522 e. The summed E-state index contributed by atoms with van der Waals surface area (Å²) in [6.45, 7) is -0.199. The molecule has 10 heavy (non-hydrogen) atoms. The summed E-state index contributed by atoms with van der Waals surface area (Å²) in [7, 11) is 2.98. The van der Waals surface area contributed by atoms with E-state index in [1.54, 1.807) is 0 Å². The van der Waals surface area contributed by atoms with E-state index in [1.807, 2.05) is 0 Å². The number of alkyl halides is 3. The van der Waals surface area contributed by atoms with Crippen LogP contribution in [-0.4, -0.2) is 19.6 Å². The molecule has 0 saturated heterocycles. The van der Waals surface area contributed by atoms with Crippen LogP contribution >= 0.6 is 0 Å². The average Bonchev–Trinajstić information content (AvgIpc) is 1.78. The molecule has 61 valence electrons. The highest BCUT2D eigenvalue weighted by Crippen LogP contribution is 2.15. The Morgan fingerprint density at radius 3 is 2.20 bits per heavy atom. The number of ether oxygens (including phenoxy) is 2. The molecule has 0 atom stereocenters. The quantitative estimate of drug-likeness (QED) is 0.578. The van der Waals surface area contributed by atoms with Crippen molar-refractivity contribution in [2.75, 3.05) is 13.2 Å². The van der Waals surface area contributed by atoms with Gasteiger partial charge in [-0.3, -0.25) is 4.74 Å². The van der Waals surface area contributed by atoms with Crippen LogP contribution in [-0.2, 0) is 9.47 Å². The summed E-state index contributed by atoms with van der Waals surface area (Å²) < 4.78 is 41.3. The first-order valence-electron chi connectivity index (χ1n) is 2.64. The van der Waals surface area contributed by atoms with Gasteiger partial charge < -0.3 is 4.74 Å². The highest BCUT2D eigenvalue weighted by molar-refractivity contribution is 4.34. The van der Waals surface area contributed by atoms with Gasteiger partial charge in [0.1, 0.15) is 0 Å². The monoisotopic (exact) mass is 157 g/mol. The molecule has 5 heteroatoms. The Bertz CT molecular complexity index is 81.5.